The standard InChI is InChI=1S/C8H21O2Si3/c1-8-11(9-12(2,3)4)10-13(5,6)7/h8H,1H2,2-7H3. The highest BCUT2D eigenvalue weighted by molar-refractivity contribution is 6.82. The molecule has 0 unspecified atom stereocenters. The molecule has 0 aliphatic rings. The van der Waals surface area contributed by atoms with Gasteiger partial charge < -0.3 is 8.23 Å². The second kappa shape index (κ2) is 4.70. The van der Waals surface area contributed by atoms with Crippen molar-refractivity contribution < 1.29 is 8.23 Å². The summed E-state index contributed by atoms with van der Waals surface area (Å²) in [5, 5.41) is 0. The van der Waals surface area contributed by atoms with E-state index >= 15 is 0 Å². The minimum Gasteiger partial charge on any atom is -0.433 e. The van der Waals surface area contributed by atoms with Crippen molar-refractivity contribution in [2.24, 2.45) is 0 Å². The van der Waals surface area contributed by atoms with Crippen molar-refractivity contribution in [3.8, 4) is 0 Å². The van der Waals surface area contributed by atoms with Gasteiger partial charge in [-0.05, 0) is 45.0 Å². The summed E-state index contributed by atoms with van der Waals surface area (Å²) in [6.07, 6.45) is 0. The van der Waals surface area contributed by atoms with E-state index in [1.807, 2.05) is 5.70 Å². The minimum atomic E-state index is -1.47. The van der Waals surface area contributed by atoms with Crippen molar-refractivity contribution in [2.45, 2.75) is 39.3 Å². The molecule has 0 spiro atoms. The molecule has 0 aromatic rings. The summed E-state index contributed by atoms with van der Waals surface area (Å²) in [6.45, 7) is 16.8. The van der Waals surface area contributed by atoms with Gasteiger partial charge in [-0.25, -0.2) is 0 Å². The summed E-state index contributed by atoms with van der Waals surface area (Å²) in [6, 6.07) is 0. The molecule has 0 saturated heterocycles. The van der Waals surface area contributed by atoms with Gasteiger partial charge in [-0.15, -0.1) is 6.58 Å². The van der Waals surface area contributed by atoms with Gasteiger partial charge in [-0.1, -0.05) is 0 Å². The van der Waals surface area contributed by atoms with Crippen LogP contribution in [0, 0.1) is 0 Å². The zero-order valence-electron chi connectivity index (χ0n) is 9.60. The van der Waals surface area contributed by atoms with Crippen LogP contribution in [-0.4, -0.2) is 25.9 Å². The van der Waals surface area contributed by atoms with Crippen LogP contribution in [0.4, 0.5) is 0 Å². The quantitative estimate of drug-likeness (QED) is 0.680. The molecule has 0 bridgehead atoms. The smallest absolute Gasteiger partial charge is 0.393 e. The second-order valence-electron chi connectivity index (χ2n) is 4.95. The Morgan fingerprint density at radius 3 is 1.38 bits per heavy atom. The van der Waals surface area contributed by atoms with Crippen LogP contribution in [0.3, 0.4) is 0 Å². The second-order valence-corrected chi connectivity index (χ2v) is 16.1. The molecule has 2 nitrogen and oxygen atoms in total. The summed E-state index contributed by atoms with van der Waals surface area (Å²) in [5.74, 6) is 0. The van der Waals surface area contributed by atoms with Gasteiger partial charge in [0, 0.05) is 0 Å². The molecule has 5 heteroatoms. The van der Waals surface area contributed by atoms with E-state index in [0.717, 1.165) is 0 Å². The van der Waals surface area contributed by atoms with Crippen LogP contribution in [0.15, 0.2) is 12.3 Å². The Hall–Kier alpha value is 0.311. The summed E-state index contributed by atoms with van der Waals surface area (Å²) in [5.41, 5.74) is 1.85. The van der Waals surface area contributed by atoms with Gasteiger partial charge >= 0.3 is 9.28 Å². The maximum Gasteiger partial charge on any atom is 0.393 e. The average Bonchev–Trinajstić information content (AvgIpc) is 1.79. The van der Waals surface area contributed by atoms with Crippen molar-refractivity contribution in [1.82, 2.24) is 0 Å². The van der Waals surface area contributed by atoms with E-state index in [4.69, 9.17) is 8.23 Å². The van der Waals surface area contributed by atoms with Gasteiger partial charge in [0.1, 0.15) is 0 Å². The fourth-order valence-corrected chi connectivity index (χ4v) is 6.74. The van der Waals surface area contributed by atoms with Crippen molar-refractivity contribution in [1.29, 1.82) is 0 Å². The number of rotatable bonds is 5. The summed E-state index contributed by atoms with van der Waals surface area (Å²) in [7, 11) is -4.15. The van der Waals surface area contributed by atoms with Crippen molar-refractivity contribution >= 4 is 25.9 Å². The van der Waals surface area contributed by atoms with Gasteiger partial charge in [0.2, 0.25) is 0 Å². The molecule has 0 aliphatic heterocycles. The SMILES string of the molecule is C=C[Si](O[Si](C)(C)C)O[Si](C)(C)C. The van der Waals surface area contributed by atoms with Crippen molar-refractivity contribution in [2.75, 3.05) is 0 Å². The third kappa shape index (κ3) is 8.64. The molecule has 1 radical (unpaired) electrons. The van der Waals surface area contributed by atoms with E-state index in [2.05, 4.69) is 45.9 Å². The molecule has 0 aromatic carbocycles. The van der Waals surface area contributed by atoms with E-state index in [9.17, 15) is 0 Å². The molecule has 0 saturated carbocycles. The number of hydrogen-bond acceptors (Lipinski definition) is 2. The highest BCUT2D eigenvalue weighted by Crippen LogP contribution is 2.11. The molecule has 0 rings (SSSR count). The van der Waals surface area contributed by atoms with E-state index in [0.29, 0.717) is 0 Å². The van der Waals surface area contributed by atoms with Gasteiger partial charge in [-0.3, -0.25) is 0 Å². The largest absolute Gasteiger partial charge is 0.433 e. The Bertz CT molecular complexity index is 153. The first kappa shape index (κ1) is 13.3. The van der Waals surface area contributed by atoms with Crippen LogP contribution in [-0.2, 0) is 8.23 Å². The molecule has 13 heavy (non-hydrogen) atoms. The molecular weight excluding hydrogens is 212 g/mol. The molecule has 0 N–H and O–H groups in total. The maximum absolute atomic E-state index is 5.90. The minimum absolute atomic E-state index is 1.21. The summed E-state index contributed by atoms with van der Waals surface area (Å²) >= 11 is 0. The Kier molecular flexibility index (Phi) is 4.81. The third-order valence-electron chi connectivity index (χ3n) is 0.980. The fourth-order valence-electron chi connectivity index (χ4n) is 0.708. The van der Waals surface area contributed by atoms with E-state index < -0.39 is 25.9 Å². The highest BCUT2D eigenvalue weighted by Gasteiger charge is 2.27. The first-order valence-corrected chi connectivity index (χ1v) is 12.7. The molecule has 0 heterocycles. The number of hydrogen-bond donors (Lipinski definition) is 0. The topological polar surface area (TPSA) is 18.5 Å². The molecule has 0 fully saturated rings. The monoisotopic (exact) mass is 233 g/mol. The van der Waals surface area contributed by atoms with Gasteiger partial charge in [0.25, 0.3) is 0 Å². The van der Waals surface area contributed by atoms with Crippen molar-refractivity contribution in [3.63, 3.8) is 0 Å². The summed E-state index contributed by atoms with van der Waals surface area (Å²) in [4.78, 5) is 0. The zero-order chi connectivity index (χ0) is 10.7. The van der Waals surface area contributed by atoms with Crippen LogP contribution < -0.4 is 0 Å². The molecule has 0 aromatic heterocycles. The lowest BCUT2D eigenvalue weighted by atomic mass is 11.3. The predicted octanol–water partition coefficient (Wildman–Crippen LogP) is 2.90. The summed E-state index contributed by atoms with van der Waals surface area (Å²) < 4.78 is 11.8. The van der Waals surface area contributed by atoms with E-state index in [1.54, 1.807) is 0 Å². The lowest BCUT2D eigenvalue weighted by Gasteiger charge is -2.27. The van der Waals surface area contributed by atoms with Crippen LogP contribution >= 0.6 is 0 Å². The highest BCUT2D eigenvalue weighted by atomic mass is 28.4. The van der Waals surface area contributed by atoms with E-state index in [1.165, 1.54) is 0 Å². The normalized spacial score (nSPS) is 13.5. The van der Waals surface area contributed by atoms with E-state index in [-0.39, 0.29) is 0 Å². The predicted molar refractivity (Wildman–Crippen MR) is 64.8 cm³/mol. The van der Waals surface area contributed by atoms with Crippen molar-refractivity contribution in [3.05, 3.63) is 12.3 Å². The van der Waals surface area contributed by atoms with Gasteiger partial charge in [0.15, 0.2) is 16.6 Å². The fraction of sp³-hybridized carbons (Fsp3) is 0.750. The first-order chi connectivity index (χ1) is 5.64. The Morgan fingerprint density at radius 1 is 0.923 bits per heavy atom. The van der Waals surface area contributed by atoms with Crippen LogP contribution in [0.2, 0.25) is 39.3 Å². The van der Waals surface area contributed by atoms with Crippen LogP contribution in [0.1, 0.15) is 0 Å². The lowest BCUT2D eigenvalue weighted by molar-refractivity contribution is 0.435. The average molecular weight is 234 g/mol. The Balaban J connectivity index is 4.13. The maximum atomic E-state index is 5.90. The zero-order valence-corrected chi connectivity index (χ0v) is 12.6. The van der Waals surface area contributed by atoms with Crippen LogP contribution in [0.5, 0.6) is 0 Å². The third-order valence-corrected chi connectivity index (χ3v) is 7.82. The first-order valence-electron chi connectivity index (χ1n) is 4.51. The Labute approximate surface area is 86.1 Å². The van der Waals surface area contributed by atoms with Gasteiger partial charge in [-0.2, -0.15) is 0 Å². The van der Waals surface area contributed by atoms with Crippen LogP contribution in [0.25, 0.3) is 0 Å². The van der Waals surface area contributed by atoms with Gasteiger partial charge in [0.05, 0.1) is 0 Å². The lowest BCUT2D eigenvalue weighted by Crippen LogP contribution is -2.42. The molecule has 0 aliphatic carbocycles. The molecule has 77 valence electrons. The molecule has 0 amide bonds. The Morgan fingerprint density at radius 2 is 1.23 bits per heavy atom. The molecule has 0 atom stereocenters. The molecular formula is C8H21O2Si3.